The molecule has 3 N–H and O–H groups in total. The van der Waals surface area contributed by atoms with Crippen molar-refractivity contribution in [2.75, 3.05) is 5.32 Å². The molecule has 0 bridgehead atoms. The summed E-state index contributed by atoms with van der Waals surface area (Å²) in [7, 11) is 0. The summed E-state index contributed by atoms with van der Waals surface area (Å²) in [6, 6.07) is 13.7. The Morgan fingerprint density at radius 3 is 2.36 bits per heavy atom. The second kappa shape index (κ2) is 9.17. The van der Waals surface area contributed by atoms with Gasteiger partial charge in [0.2, 0.25) is 11.8 Å². The molecule has 2 amide bonds. The van der Waals surface area contributed by atoms with E-state index >= 15 is 0 Å². The van der Waals surface area contributed by atoms with Crippen molar-refractivity contribution in [3.8, 4) is 0 Å². The minimum Gasteiger partial charge on any atom is -0.478 e. The van der Waals surface area contributed by atoms with Crippen LogP contribution in [0.2, 0.25) is 0 Å². The van der Waals surface area contributed by atoms with Crippen molar-refractivity contribution in [2.24, 2.45) is 5.92 Å². The average molecular weight is 380 g/mol. The van der Waals surface area contributed by atoms with E-state index < -0.39 is 5.97 Å². The predicted molar refractivity (Wildman–Crippen MR) is 106 cm³/mol. The monoisotopic (exact) mass is 380 g/mol. The third-order valence-corrected chi connectivity index (χ3v) is 4.98. The van der Waals surface area contributed by atoms with Gasteiger partial charge in [-0.25, -0.2) is 4.79 Å². The molecule has 28 heavy (non-hydrogen) atoms. The molecule has 6 nitrogen and oxygen atoms in total. The van der Waals surface area contributed by atoms with E-state index in [1.165, 1.54) is 12.1 Å². The molecule has 0 saturated heterocycles. The van der Waals surface area contributed by atoms with Gasteiger partial charge in [0, 0.05) is 18.2 Å². The van der Waals surface area contributed by atoms with Gasteiger partial charge in [-0.1, -0.05) is 37.1 Å². The highest BCUT2D eigenvalue weighted by molar-refractivity contribution is 5.92. The molecule has 0 aromatic heterocycles. The Hall–Kier alpha value is -3.15. The zero-order valence-electron chi connectivity index (χ0n) is 15.6. The minimum absolute atomic E-state index is 0.0727. The highest BCUT2D eigenvalue weighted by Gasteiger charge is 2.22. The van der Waals surface area contributed by atoms with E-state index in [0.717, 1.165) is 42.5 Å². The number of carboxylic acids is 1. The SMILES string of the molecule is O=C(Cc1ccc(C(=O)O)cc1)NCc1cccc(NC(=O)C2CCCC2)c1. The third kappa shape index (κ3) is 5.42. The van der Waals surface area contributed by atoms with Crippen molar-refractivity contribution in [1.82, 2.24) is 5.32 Å². The molecule has 6 heteroatoms. The van der Waals surface area contributed by atoms with Crippen molar-refractivity contribution in [3.05, 3.63) is 65.2 Å². The van der Waals surface area contributed by atoms with Crippen molar-refractivity contribution in [1.29, 1.82) is 0 Å². The molecule has 1 saturated carbocycles. The lowest BCUT2D eigenvalue weighted by atomic mass is 10.1. The Bertz CT molecular complexity index is 855. The maximum atomic E-state index is 12.2. The number of carbonyl (C=O) groups excluding carboxylic acids is 2. The predicted octanol–water partition coefficient (Wildman–Crippen LogP) is 3.37. The number of nitrogens with one attached hydrogen (secondary N) is 2. The Morgan fingerprint density at radius 2 is 1.68 bits per heavy atom. The molecule has 0 heterocycles. The lowest BCUT2D eigenvalue weighted by molar-refractivity contribution is -0.121. The van der Waals surface area contributed by atoms with E-state index in [4.69, 9.17) is 5.11 Å². The summed E-state index contributed by atoms with van der Waals surface area (Å²) < 4.78 is 0. The number of aromatic carboxylic acids is 1. The molecular weight excluding hydrogens is 356 g/mol. The summed E-state index contributed by atoms with van der Waals surface area (Å²) in [5.74, 6) is -0.959. The number of amides is 2. The third-order valence-electron chi connectivity index (χ3n) is 4.98. The molecule has 0 spiro atoms. The zero-order valence-corrected chi connectivity index (χ0v) is 15.6. The van der Waals surface area contributed by atoms with E-state index in [0.29, 0.717) is 6.54 Å². The largest absolute Gasteiger partial charge is 0.478 e. The standard InChI is InChI=1S/C22H24N2O4/c25-20(13-15-8-10-18(11-9-15)22(27)28)23-14-16-4-3-7-19(12-16)24-21(26)17-5-1-2-6-17/h3-4,7-12,17H,1-2,5-6,13-14H2,(H,23,25)(H,24,26)(H,27,28). The van der Waals surface area contributed by atoms with Gasteiger partial charge in [-0.3, -0.25) is 9.59 Å². The van der Waals surface area contributed by atoms with Gasteiger partial charge in [-0.05, 0) is 48.2 Å². The summed E-state index contributed by atoms with van der Waals surface area (Å²) in [5, 5.41) is 14.7. The highest BCUT2D eigenvalue weighted by Crippen LogP contribution is 2.26. The van der Waals surface area contributed by atoms with Crippen LogP contribution in [0.25, 0.3) is 0 Å². The van der Waals surface area contributed by atoms with Gasteiger partial charge in [0.15, 0.2) is 0 Å². The fourth-order valence-electron chi connectivity index (χ4n) is 3.41. The van der Waals surface area contributed by atoms with Crippen LogP contribution in [0.4, 0.5) is 5.69 Å². The molecule has 0 atom stereocenters. The minimum atomic E-state index is -0.990. The van der Waals surface area contributed by atoms with Gasteiger partial charge < -0.3 is 15.7 Å². The first kappa shape index (κ1) is 19.6. The summed E-state index contributed by atoms with van der Waals surface area (Å²) in [4.78, 5) is 35.2. The van der Waals surface area contributed by atoms with Crippen LogP contribution in [0.5, 0.6) is 0 Å². The van der Waals surface area contributed by atoms with Gasteiger partial charge in [-0.15, -0.1) is 0 Å². The lowest BCUT2D eigenvalue weighted by Gasteiger charge is -2.12. The van der Waals surface area contributed by atoms with Crippen LogP contribution in [0, 0.1) is 5.92 Å². The maximum absolute atomic E-state index is 12.2. The Labute approximate surface area is 164 Å². The number of carboxylic acid groups (broad SMARTS) is 1. The number of benzene rings is 2. The van der Waals surface area contributed by atoms with Crippen LogP contribution in [-0.2, 0) is 22.6 Å². The van der Waals surface area contributed by atoms with Gasteiger partial charge in [0.1, 0.15) is 0 Å². The summed E-state index contributed by atoms with van der Waals surface area (Å²) in [5.41, 5.74) is 2.59. The first-order chi connectivity index (χ1) is 13.5. The number of carbonyl (C=O) groups is 3. The molecule has 146 valence electrons. The first-order valence-corrected chi connectivity index (χ1v) is 9.50. The van der Waals surface area contributed by atoms with Crippen molar-refractivity contribution >= 4 is 23.5 Å². The van der Waals surface area contributed by atoms with Crippen LogP contribution in [0.15, 0.2) is 48.5 Å². The molecule has 0 radical (unpaired) electrons. The van der Waals surface area contributed by atoms with E-state index in [1.807, 2.05) is 24.3 Å². The first-order valence-electron chi connectivity index (χ1n) is 9.50. The molecule has 1 fully saturated rings. The average Bonchev–Trinajstić information content (AvgIpc) is 3.22. The highest BCUT2D eigenvalue weighted by atomic mass is 16.4. The smallest absolute Gasteiger partial charge is 0.335 e. The number of hydrogen-bond donors (Lipinski definition) is 3. The molecule has 2 aromatic carbocycles. The van der Waals surface area contributed by atoms with E-state index in [1.54, 1.807) is 12.1 Å². The number of anilines is 1. The topological polar surface area (TPSA) is 95.5 Å². The second-order valence-corrected chi connectivity index (χ2v) is 7.13. The van der Waals surface area contributed by atoms with Crippen LogP contribution in [-0.4, -0.2) is 22.9 Å². The summed E-state index contributed by atoms with van der Waals surface area (Å²) in [6.07, 6.45) is 4.31. The second-order valence-electron chi connectivity index (χ2n) is 7.13. The van der Waals surface area contributed by atoms with Gasteiger partial charge in [0.25, 0.3) is 0 Å². The van der Waals surface area contributed by atoms with Crippen LogP contribution in [0.1, 0.15) is 47.2 Å². The van der Waals surface area contributed by atoms with Gasteiger partial charge in [0.05, 0.1) is 12.0 Å². The Morgan fingerprint density at radius 1 is 0.964 bits per heavy atom. The molecule has 1 aliphatic carbocycles. The van der Waals surface area contributed by atoms with E-state index in [9.17, 15) is 14.4 Å². The van der Waals surface area contributed by atoms with Gasteiger partial charge in [-0.2, -0.15) is 0 Å². The van der Waals surface area contributed by atoms with Crippen LogP contribution >= 0.6 is 0 Å². The molecule has 1 aliphatic rings. The van der Waals surface area contributed by atoms with Gasteiger partial charge >= 0.3 is 5.97 Å². The zero-order chi connectivity index (χ0) is 19.9. The number of hydrogen-bond acceptors (Lipinski definition) is 3. The normalized spacial score (nSPS) is 13.9. The molecular formula is C22H24N2O4. The van der Waals surface area contributed by atoms with Crippen molar-refractivity contribution in [2.45, 2.75) is 38.6 Å². The fourth-order valence-corrected chi connectivity index (χ4v) is 3.41. The van der Waals surface area contributed by atoms with E-state index in [2.05, 4.69) is 10.6 Å². The van der Waals surface area contributed by atoms with Crippen molar-refractivity contribution in [3.63, 3.8) is 0 Å². The Kier molecular flexibility index (Phi) is 6.42. The Balaban J connectivity index is 1.50. The van der Waals surface area contributed by atoms with E-state index in [-0.39, 0.29) is 29.7 Å². The summed E-state index contributed by atoms with van der Waals surface area (Å²) in [6.45, 7) is 0.360. The quantitative estimate of drug-likeness (QED) is 0.686. The van der Waals surface area contributed by atoms with Crippen molar-refractivity contribution < 1.29 is 19.5 Å². The molecule has 3 rings (SSSR count). The fraction of sp³-hybridized carbons (Fsp3) is 0.318. The molecule has 2 aromatic rings. The summed E-state index contributed by atoms with van der Waals surface area (Å²) >= 11 is 0. The number of rotatable bonds is 7. The van der Waals surface area contributed by atoms with Crippen LogP contribution < -0.4 is 10.6 Å². The van der Waals surface area contributed by atoms with Crippen LogP contribution in [0.3, 0.4) is 0 Å². The molecule has 0 aliphatic heterocycles. The lowest BCUT2D eigenvalue weighted by Crippen LogP contribution is -2.24. The maximum Gasteiger partial charge on any atom is 0.335 e. The molecule has 0 unspecified atom stereocenters.